The number of thiophene rings is 1. The van der Waals surface area contributed by atoms with Crippen LogP contribution < -0.4 is 23.8 Å². The zero-order valence-corrected chi connectivity index (χ0v) is 52.7. The summed E-state index contributed by atoms with van der Waals surface area (Å²) in [6.45, 7) is 28.7. The van der Waals surface area contributed by atoms with E-state index in [-0.39, 0.29) is 26.7 Å². The fourth-order valence-electron chi connectivity index (χ4n) is 9.34. The van der Waals surface area contributed by atoms with Gasteiger partial charge in [-0.3, -0.25) is 10.1 Å². The number of hydrogen-bond acceptors (Lipinski definition) is 10. The van der Waals surface area contributed by atoms with E-state index < -0.39 is 4.92 Å². The first kappa shape index (κ1) is 61.1. The van der Waals surface area contributed by atoms with Crippen molar-refractivity contribution < 1.29 is 23.9 Å². The van der Waals surface area contributed by atoms with Crippen LogP contribution in [0.5, 0.6) is 23.0 Å². The SMILES string of the molecule is CN(C)c1ccc(C#Cc2c3nc(c(C#Cc4ccc([N+](=O)[O-])s4)c4ccc([nH]4)c(-c4cc(OCCC(C)(C)C)cc(OCCC(C)(C)C)c4)c4nc(c(-c5cc(OCCC(C)(C)C)cc(OCCC(C)(C)C)c5)c5ccc2[nH]5)C=C4)C=C3)cc1. The van der Waals surface area contributed by atoms with Crippen LogP contribution in [0.3, 0.4) is 0 Å². The minimum Gasteiger partial charge on any atom is -0.493 e. The lowest BCUT2D eigenvalue weighted by Crippen LogP contribution is -2.12. The second kappa shape index (κ2) is 25.4. The van der Waals surface area contributed by atoms with Crippen molar-refractivity contribution in [3.05, 3.63) is 152 Å². The summed E-state index contributed by atoms with van der Waals surface area (Å²) in [6, 6.07) is 31.7. The van der Waals surface area contributed by atoms with Gasteiger partial charge in [0.2, 0.25) is 0 Å². The number of hydrogen-bond donors (Lipinski definition) is 2. The summed E-state index contributed by atoms with van der Waals surface area (Å²) in [6.07, 6.45) is 11.5. The first-order valence-electron chi connectivity index (χ1n) is 29.2. The van der Waals surface area contributed by atoms with Crippen LogP contribution in [0.1, 0.15) is 153 Å². The summed E-state index contributed by atoms with van der Waals surface area (Å²) in [5.74, 6) is 16.4. The molecule has 9 rings (SSSR count). The van der Waals surface area contributed by atoms with Gasteiger partial charge in [-0.05, 0) is 162 Å². The van der Waals surface area contributed by atoms with E-state index in [2.05, 4.69) is 176 Å². The fourth-order valence-corrected chi connectivity index (χ4v) is 10.0. The molecule has 2 aliphatic rings. The maximum Gasteiger partial charge on any atom is 0.325 e. The Balaban J connectivity index is 1.37. The highest BCUT2D eigenvalue weighted by Gasteiger charge is 2.22. The average Bonchev–Trinajstić information content (AvgIpc) is 2.24. The van der Waals surface area contributed by atoms with Crippen molar-refractivity contribution in [1.29, 1.82) is 0 Å². The van der Waals surface area contributed by atoms with E-state index in [0.717, 1.165) is 87.1 Å². The summed E-state index contributed by atoms with van der Waals surface area (Å²) in [7, 11) is 4.03. The summed E-state index contributed by atoms with van der Waals surface area (Å²) in [5, 5.41) is 11.8. The lowest BCUT2D eigenvalue weighted by Gasteiger charge is -2.20. The van der Waals surface area contributed by atoms with Gasteiger partial charge < -0.3 is 33.8 Å². The Morgan fingerprint density at radius 1 is 0.482 bits per heavy atom. The van der Waals surface area contributed by atoms with E-state index in [1.807, 2.05) is 68.7 Å². The standard InChI is InChI=1S/C72H80N6O6S/c1-69(2,3)33-37-81-51-41-48(42-52(45-51)82-38-34-70(4,5)6)67-62-28-26-60(74-62)56(22-17-47-15-18-50(19-16-47)77(13)14)58-24-25-59(73-58)57(23-20-55-21-32-66(85-55)78(79)80)61-27-29-63(75-61)68(65-31-30-64(67)76-65)49-43-53(83-39-35-71(7,8)9)46-54(44-49)84-40-36-72(10,11)12/h15-16,18-19,21,24-32,41-46,74-75H,33-40H2,1-14H3. The van der Waals surface area contributed by atoms with Gasteiger partial charge in [-0.1, -0.05) is 118 Å². The molecular formula is C72H80N6O6S. The minimum absolute atomic E-state index is 0.0113. The zero-order valence-electron chi connectivity index (χ0n) is 51.9. The quantitative estimate of drug-likeness (QED) is 0.0549. The van der Waals surface area contributed by atoms with Gasteiger partial charge in [0.25, 0.3) is 0 Å². The summed E-state index contributed by atoms with van der Waals surface area (Å²) < 4.78 is 26.5. The molecule has 440 valence electrons. The lowest BCUT2D eigenvalue weighted by molar-refractivity contribution is -0.380. The molecule has 0 spiro atoms. The number of aromatic nitrogens is 4. The van der Waals surface area contributed by atoms with Crippen LogP contribution in [0.15, 0.2) is 97.1 Å². The van der Waals surface area contributed by atoms with Crippen molar-refractivity contribution in [2.75, 3.05) is 45.4 Å². The van der Waals surface area contributed by atoms with Crippen LogP contribution in [0.2, 0.25) is 0 Å². The van der Waals surface area contributed by atoms with E-state index in [0.29, 0.717) is 93.7 Å². The predicted octanol–water partition coefficient (Wildman–Crippen LogP) is 18.1. The third-order valence-electron chi connectivity index (χ3n) is 14.4. The maximum atomic E-state index is 11.8. The van der Waals surface area contributed by atoms with E-state index in [9.17, 15) is 10.1 Å². The molecule has 8 bridgehead atoms. The van der Waals surface area contributed by atoms with Gasteiger partial charge in [-0.15, -0.1) is 0 Å². The van der Waals surface area contributed by atoms with Crippen molar-refractivity contribution >= 4 is 68.4 Å². The van der Waals surface area contributed by atoms with Gasteiger partial charge in [0.1, 0.15) is 23.0 Å². The number of rotatable bonds is 16. The van der Waals surface area contributed by atoms with Crippen LogP contribution in [0.4, 0.5) is 10.7 Å². The molecule has 6 heterocycles. The third kappa shape index (κ3) is 16.6. The molecule has 0 aliphatic carbocycles. The second-order valence-corrected chi connectivity index (χ2v) is 27.9. The summed E-state index contributed by atoms with van der Waals surface area (Å²) in [4.78, 5) is 32.6. The molecule has 0 unspecified atom stereocenters. The molecule has 0 atom stereocenters. The highest BCUT2D eigenvalue weighted by molar-refractivity contribution is 7.15. The number of benzene rings is 3. The molecule has 12 nitrogen and oxygen atoms in total. The molecule has 3 aromatic carbocycles. The first-order chi connectivity index (χ1) is 40.2. The Morgan fingerprint density at radius 3 is 1.24 bits per heavy atom. The van der Waals surface area contributed by atoms with Crippen LogP contribution >= 0.6 is 11.3 Å². The number of anilines is 1. The van der Waals surface area contributed by atoms with Gasteiger partial charge >= 0.3 is 5.00 Å². The third-order valence-corrected chi connectivity index (χ3v) is 15.3. The Hall–Kier alpha value is -8.52. The fraction of sp³-hybridized carbons (Fsp3) is 0.361. The van der Waals surface area contributed by atoms with Crippen LogP contribution in [0, 0.1) is 55.5 Å². The molecule has 0 amide bonds. The topological polar surface area (TPSA) is 141 Å². The Kier molecular flexibility index (Phi) is 18.2. The number of aromatic amines is 2. The smallest absolute Gasteiger partial charge is 0.325 e. The largest absolute Gasteiger partial charge is 0.493 e. The van der Waals surface area contributed by atoms with E-state index >= 15 is 0 Å². The number of H-pyrrole nitrogens is 2. The first-order valence-corrected chi connectivity index (χ1v) is 30.1. The Bertz CT molecular complexity index is 3900. The van der Waals surface area contributed by atoms with Crippen LogP contribution in [-0.2, 0) is 0 Å². The van der Waals surface area contributed by atoms with Crippen molar-refractivity contribution in [1.82, 2.24) is 19.9 Å². The molecule has 7 aromatic rings. The number of ether oxygens (including phenoxy) is 4. The molecule has 2 N–H and O–H groups in total. The number of fused-ring (bicyclic) bond motifs is 8. The zero-order chi connectivity index (χ0) is 60.8. The predicted molar refractivity (Wildman–Crippen MR) is 352 cm³/mol. The van der Waals surface area contributed by atoms with E-state index in [1.54, 1.807) is 6.07 Å². The molecule has 85 heavy (non-hydrogen) atoms. The van der Waals surface area contributed by atoms with Crippen molar-refractivity contribution in [2.24, 2.45) is 21.7 Å². The van der Waals surface area contributed by atoms with Gasteiger partial charge in [-0.2, -0.15) is 0 Å². The van der Waals surface area contributed by atoms with Gasteiger partial charge in [0, 0.05) is 65.7 Å². The van der Waals surface area contributed by atoms with Crippen molar-refractivity contribution in [3.8, 4) is 68.9 Å². The number of nitrogens with one attached hydrogen (secondary N) is 2. The number of nitro groups is 1. The molecular weight excluding hydrogens is 1080 g/mol. The average molecular weight is 1160 g/mol. The Morgan fingerprint density at radius 2 is 0.859 bits per heavy atom. The van der Waals surface area contributed by atoms with Crippen molar-refractivity contribution in [3.63, 3.8) is 0 Å². The molecule has 2 aliphatic heterocycles. The van der Waals surface area contributed by atoms with Gasteiger partial charge in [-0.25, -0.2) is 9.97 Å². The van der Waals surface area contributed by atoms with Gasteiger partial charge in [0.15, 0.2) is 0 Å². The normalized spacial score (nSPS) is 12.3. The molecule has 0 saturated heterocycles. The van der Waals surface area contributed by atoms with Crippen LogP contribution in [0.25, 0.3) is 68.6 Å². The molecule has 13 heteroatoms. The highest BCUT2D eigenvalue weighted by Crippen LogP contribution is 2.41. The maximum absolute atomic E-state index is 11.8. The minimum atomic E-state index is -0.396. The monoisotopic (exact) mass is 1160 g/mol. The summed E-state index contributed by atoms with van der Waals surface area (Å²) in [5.41, 5.74) is 12.3. The summed E-state index contributed by atoms with van der Waals surface area (Å²) >= 11 is 1.03. The van der Waals surface area contributed by atoms with Gasteiger partial charge in [0.05, 0.1) is 81.2 Å². The van der Waals surface area contributed by atoms with Crippen molar-refractivity contribution in [2.45, 2.75) is 109 Å². The molecule has 0 saturated carbocycles. The lowest BCUT2D eigenvalue weighted by atomic mass is 9.93. The second-order valence-electron chi connectivity index (χ2n) is 26.9. The molecule has 0 fully saturated rings. The van der Waals surface area contributed by atoms with Crippen LogP contribution in [-0.4, -0.2) is 65.4 Å². The Labute approximate surface area is 505 Å². The molecule has 0 radical (unpaired) electrons. The van der Waals surface area contributed by atoms with E-state index in [4.69, 9.17) is 28.9 Å². The molecule has 4 aromatic heterocycles. The van der Waals surface area contributed by atoms with E-state index in [1.165, 1.54) is 6.07 Å². The highest BCUT2D eigenvalue weighted by atomic mass is 32.1. The number of nitrogens with zero attached hydrogens (tertiary/aromatic N) is 4.